The molecule has 29 heavy (non-hydrogen) atoms. The number of aromatic nitrogens is 1. The minimum Gasteiger partial charge on any atom is -0.588 e. The van der Waals surface area contributed by atoms with E-state index in [2.05, 4.69) is 21.5 Å². The molecule has 0 fully saturated rings. The Morgan fingerprint density at radius 1 is 1.17 bits per heavy atom. The summed E-state index contributed by atoms with van der Waals surface area (Å²) in [7, 11) is 0. The second-order valence-electron chi connectivity index (χ2n) is 6.36. The first-order chi connectivity index (χ1) is 14.1. The molecule has 1 aliphatic rings. The number of Topliss-reactive ketones (excluding diaryl/α,β-unsaturated/α-hetero) is 1. The average Bonchev–Trinajstić information content (AvgIpc) is 2.74. The molecule has 0 bridgehead atoms. The Labute approximate surface area is 177 Å². The van der Waals surface area contributed by atoms with Gasteiger partial charge >= 0.3 is 0 Å². The number of fused-ring (bicyclic) bond motifs is 1. The van der Waals surface area contributed by atoms with E-state index in [1.165, 1.54) is 0 Å². The molecular formula is C23H15ClN2O2S. The standard InChI is InChI=1S/C23H15ClN2O2S/c24-19-9-6-17(7-10-19)14-22-23(27)20-13-16(8-11-21(20)26-29(22)28)3-1-4-18-5-2-12-25-15-18/h2,5-15,26H,4H2/b22-14-. The number of benzene rings is 2. The van der Waals surface area contributed by atoms with Crippen LogP contribution in [-0.4, -0.2) is 15.3 Å². The van der Waals surface area contributed by atoms with Gasteiger partial charge < -0.3 is 4.55 Å². The van der Waals surface area contributed by atoms with Crippen molar-refractivity contribution in [2.24, 2.45) is 0 Å². The predicted molar refractivity (Wildman–Crippen MR) is 117 cm³/mol. The van der Waals surface area contributed by atoms with E-state index in [-0.39, 0.29) is 10.7 Å². The van der Waals surface area contributed by atoms with Gasteiger partial charge in [0.1, 0.15) is 11.4 Å². The first-order valence-corrected chi connectivity index (χ1v) is 10.4. The van der Waals surface area contributed by atoms with Crippen LogP contribution in [0.15, 0.2) is 71.9 Å². The Morgan fingerprint density at radius 3 is 2.76 bits per heavy atom. The summed E-state index contributed by atoms with van der Waals surface area (Å²) in [5.41, 5.74) is 3.50. The number of pyridine rings is 1. The highest BCUT2D eigenvalue weighted by Gasteiger charge is 2.33. The lowest BCUT2D eigenvalue weighted by Gasteiger charge is -2.21. The molecule has 6 heteroatoms. The number of carbonyl (C=O) groups excluding carboxylic acids is 1. The minimum absolute atomic E-state index is 0.195. The third-order valence-corrected chi connectivity index (χ3v) is 5.67. The molecule has 1 aromatic heterocycles. The predicted octanol–water partition coefficient (Wildman–Crippen LogP) is 4.64. The fraction of sp³-hybridized carbons (Fsp3) is 0.0435. The Balaban J connectivity index is 1.60. The molecule has 3 aromatic rings. The summed E-state index contributed by atoms with van der Waals surface area (Å²) in [6, 6.07) is 16.1. The summed E-state index contributed by atoms with van der Waals surface area (Å²) in [5.74, 6) is 5.90. The van der Waals surface area contributed by atoms with Crippen LogP contribution in [-0.2, 0) is 17.8 Å². The Kier molecular flexibility index (Phi) is 5.68. The molecule has 0 aliphatic carbocycles. The fourth-order valence-electron chi connectivity index (χ4n) is 2.85. The van der Waals surface area contributed by atoms with Gasteiger partial charge in [0.05, 0.1) is 11.3 Å². The third kappa shape index (κ3) is 4.52. The van der Waals surface area contributed by atoms with Crippen molar-refractivity contribution in [2.45, 2.75) is 6.42 Å². The molecule has 1 aliphatic heterocycles. The van der Waals surface area contributed by atoms with E-state index < -0.39 is 11.4 Å². The summed E-state index contributed by atoms with van der Waals surface area (Å²) in [6.45, 7) is 0. The highest BCUT2D eigenvalue weighted by atomic mass is 35.5. The van der Waals surface area contributed by atoms with Gasteiger partial charge in [-0.15, -0.1) is 0 Å². The van der Waals surface area contributed by atoms with Crippen LogP contribution in [0.3, 0.4) is 0 Å². The first-order valence-electron chi connectivity index (χ1n) is 8.82. The van der Waals surface area contributed by atoms with Gasteiger partial charge in [-0.25, -0.2) is 4.72 Å². The van der Waals surface area contributed by atoms with Gasteiger partial charge in [0.15, 0.2) is 0 Å². The molecule has 0 saturated heterocycles. The van der Waals surface area contributed by atoms with Gasteiger partial charge in [-0.3, -0.25) is 9.78 Å². The SMILES string of the molecule is O=C1/C(=C/c2ccc(Cl)cc2)[S+]([O-])Nc2ccc(C#CCc3cccnc3)cc21. The van der Waals surface area contributed by atoms with Crippen LogP contribution in [0.4, 0.5) is 5.69 Å². The zero-order valence-electron chi connectivity index (χ0n) is 15.2. The number of hydrogen-bond acceptors (Lipinski definition) is 4. The van der Waals surface area contributed by atoms with E-state index in [0.29, 0.717) is 22.7 Å². The Hall–Kier alpha value is -3.04. The maximum atomic E-state index is 13.0. The van der Waals surface area contributed by atoms with Crippen LogP contribution in [0.2, 0.25) is 5.02 Å². The lowest BCUT2D eigenvalue weighted by molar-refractivity contribution is 0.104. The number of allylic oxidation sites excluding steroid dienone is 1. The van der Waals surface area contributed by atoms with Gasteiger partial charge in [-0.05, 0) is 47.5 Å². The monoisotopic (exact) mass is 418 g/mol. The minimum atomic E-state index is -1.63. The lowest BCUT2D eigenvalue weighted by atomic mass is 10.0. The molecule has 4 nitrogen and oxygen atoms in total. The smallest absolute Gasteiger partial charge is 0.245 e. The number of hydrogen-bond donors (Lipinski definition) is 1. The second kappa shape index (κ2) is 8.54. The van der Waals surface area contributed by atoms with E-state index >= 15 is 0 Å². The number of nitrogens with zero attached hydrogens (tertiary/aromatic N) is 1. The molecule has 0 spiro atoms. The van der Waals surface area contributed by atoms with E-state index in [4.69, 9.17) is 11.6 Å². The summed E-state index contributed by atoms with van der Waals surface area (Å²) in [4.78, 5) is 17.2. The molecule has 1 unspecified atom stereocenters. The van der Waals surface area contributed by atoms with E-state index in [9.17, 15) is 9.35 Å². The van der Waals surface area contributed by atoms with Crippen LogP contribution < -0.4 is 4.72 Å². The molecule has 2 heterocycles. The Morgan fingerprint density at radius 2 is 2.00 bits per heavy atom. The molecule has 4 rings (SSSR count). The third-order valence-electron chi connectivity index (χ3n) is 4.31. The number of rotatable bonds is 2. The van der Waals surface area contributed by atoms with Crippen molar-refractivity contribution in [3.05, 3.63) is 99.2 Å². The Bertz CT molecular complexity index is 1150. The van der Waals surface area contributed by atoms with Crippen molar-refractivity contribution in [1.82, 2.24) is 4.98 Å². The van der Waals surface area contributed by atoms with Crippen molar-refractivity contribution in [3.63, 3.8) is 0 Å². The van der Waals surface area contributed by atoms with Crippen LogP contribution in [0.25, 0.3) is 6.08 Å². The fourth-order valence-corrected chi connectivity index (χ4v) is 3.99. The number of ketones is 1. The van der Waals surface area contributed by atoms with Crippen LogP contribution in [0.1, 0.15) is 27.0 Å². The van der Waals surface area contributed by atoms with Gasteiger partial charge in [-0.2, -0.15) is 0 Å². The van der Waals surface area contributed by atoms with Crippen LogP contribution >= 0.6 is 11.6 Å². The highest BCUT2D eigenvalue weighted by molar-refractivity contribution is 7.97. The van der Waals surface area contributed by atoms with Crippen LogP contribution in [0.5, 0.6) is 0 Å². The quantitative estimate of drug-likeness (QED) is 0.374. The number of halogens is 1. The molecule has 2 aromatic carbocycles. The molecular weight excluding hydrogens is 404 g/mol. The molecule has 0 radical (unpaired) electrons. The van der Waals surface area contributed by atoms with Crippen LogP contribution in [0, 0.1) is 11.8 Å². The number of anilines is 1. The normalized spacial score (nSPS) is 16.6. The molecule has 142 valence electrons. The van der Waals surface area contributed by atoms with Crippen molar-refractivity contribution in [1.29, 1.82) is 0 Å². The van der Waals surface area contributed by atoms with Crippen molar-refractivity contribution in [3.8, 4) is 11.8 Å². The van der Waals surface area contributed by atoms with Gasteiger partial charge in [-0.1, -0.05) is 41.6 Å². The summed E-state index contributed by atoms with van der Waals surface area (Å²) in [6.07, 6.45) is 5.69. The van der Waals surface area contributed by atoms with Crippen molar-refractivity contribution >= 4 is 40.5 Å². The lowest BCUT2D eigenvalue weighted by Crippen LogP contribution is -2.27. The molecule has 1 N–H and O–H groups in total. The van der Waals surface area contributed by atoms with Crippen molar-refractivity contribution < 1.29 is 9.35 Å². The van der Waals surface area contributed by atoms with E-state index in [0.717, 1.165) is 16.7 Å². The van der Waals surface area contributed by atoms with Gasteiger partial charge in [0.25, 0.3) is 0 Å². The maximum absolute atomic E-state index is 13.0. The summed E-state index contributed by atoms with van der Waals surface area (Å²) in [5, 5.41) is 0.598. The topological polar surface area (TPSA) is 65.0 Å². The van der Waals surface area contributed by atoms with Gasteiger partial charge in [0, 0.05) is 35.5 Å². The first kappa shape index (κ1) is 19.3. The summed E-state index contributed by atoms with van der Waals surface area (Å²) < 4.78 is 15.4. The number of nitrogens with one attached hydrogen (secondary N) is 1. The second-order valence-corrected chi connectivity index (χ2v) is 7.98. The van der Waals surface area contributed by atoms with E-state index in [1.807, 2.05) is 12.1 Å². The highest BCUT2D eigenvalue weighted by Crippen LogP contribution is 2.31. The largest absolute Gasteiger partial charge is 0.588 e. The van der Waals surface area contributed by atoms with Gasteiger partial charge in [0.2, 0.25) is 10.7 Å². The van der Waals surface area contributed by atoms with Crippen molar-refractivity contribution in [2.75, 3.05) is 4.72 Å². The average molecular weight is 419 g/mol. The number of carbonyl (C=O) groups is 1. The zero-order valence-corrected chi connectivity index (χ0v) is 16.8. The van der Waals surface area contributed by atoms with E-state index in [1.54, 1.807) is 60.9 Å². The molecule has 0 saturated carbocycles. The molecule has 1 atom stereocenters. The zero-order chi connectivity index (χ0) is 20.2. The maximum Gasteiger partial charge on any atom is 0.245 e. The molecule has 0 amide bonds. The summed E-state index contributed by atoms with van der Waals surface area (Å²) >= 11 is 4.27.